The van der Waals surface area contributed by atoms with E-state index in [1.165, 1.54) is 5.56 Å². The molecule has 0 aliphatic rings. The largest absolute Gasteiger partial charge is 0.311 e. The fraction of sp³-hybridized carbons (Fsp3) is 0.412. The lowest BCUT2D eigenvalue weighted by atomic mass is 10.1. The van der Waals surface area contributed by atoms with Crippen LogP contribution in [0.2, 0.25) is 0 Å². The number of halogens is 1. The number of nitrogens with zero attached hydrogens (tertiary/aromatic N) is 2. The molecule has 1 heterocycles. The molecule has 2 aromatic rings. The summed E-state index contributed by atoms with van der Waals surface area (Å²) in [5.41, 5.74) is 4.29. The molecule has 0 atom stereocenters. The molecule has 4 heteroatoms. The van der Waals surface area contributed by atoms with Crippen LogP contribution in [-0.4, -0.2) is 16.5 Å². The van der Waals surface area contributed by atoms with Crippen molar-refractivity contribution < 1.29 is 0 Å². The molecule has 0 saturated heterocycles. The van der Waals surface area contributed by atoms with Gasteiger partial charge < -0.3 is 5.32 Å². The Balaban J connectivity index is 2.23. The second-order valence-electron chi connectivity index (χ2n) is 5.81. The maximum Gasteiger partial charge on any atom is 0.159 e. The molecular formula is C17H22BrN3. The highest BCUT2D eigenvalue weighted by molar-refractivity contribution is 9.10. The van der Waals surface area contributed by atoms with Gasteiger partial charge >= 0.3 is 0 Å². The quantitative estimate of drug-likeness (QED) is 0.877. The summed E-state index contributed by atoms with van der Waals surface area (Å²) in [7, 11) is 0. The monoisotopic (exact) mass is 347 g/mol. The van der Waals surface area contributed by atoms with Gasteiger partial charge in [0.15, 0.2) is 5.82 Å². The number of hydrogen-bond acceptors (Lipinski definition) is 3. The first-order valence-electron chi connectivity index (χ1n) is 7.27. The van der Waals surface area contributed by atoms with Crippen LogP contribution in [-0.2, 0) is 6.54 Å². The van der Waals surface area contributed by atoms with E-state index in [0.717, 1.165) is 40.3 Å². The maximum absolute atomic E-state index is 4.68. The first-order chi connectivity index (χ1) is 9.95. The van der Waals surface area contributed by atoms with Crippen LogP contribution in [0.5, 0.6) is 0 Å². The van der Waals surface area contributed by atoms with Crippen LogP contribution in [0.15, 0.2) is 28.7 Å². The third-order valence-corrected chi connectivity index (χ3v) is 4.05. The van der Waals surface area contributed by atoms with Crippen molar-refractivity contribution in [3.05, 3.63) is 45.7 Å². The van der Waals surface area contributed by atoms with Crippen LogP contribution in [0.4, 0.5) is 0 Å². The Kier molecular flexibility index (Phi) is 5.48. The minimum absolute atomic E-state index is 0.639. The Morgan fingerprint density at radius 2 is 1.90 bits per heavy atom. The number of rotatable bonds is 5. The third-order valence-electron chi connectivity index (χ3n) is 3.20. The maximum atomic E-state index is 4.68. The minimum atomic E-state index is 0.639. The molecule has 0 saturated carbocycles. The summed E-state index contributed by atoms with van der Waals surface area (Å²) >= 11 is 3.57. The number of aryl methyl sites for hydroxylation is 2. The normalized spacial score (nSPS) is 11.1. The van der Waals surface area contributed by atoms with Crippen LogP contribution < -0.4 is 5.32 Å². The molecule has 2 rings (SSSR count). The Hall–Kier alpha value is -1.26. The molecule has 0 radical (unpaired) electrons. The fourth-order valence-electron chi connectivity index (χ4n) is 2.07. The average Bonchev–Trinajstić information content (AvgIpc) is 2.41. The Morgan fingerprint density at radius 1 is 1.14 bits per heavy atom. The molecule has 21 heavy (non-hydrogen) atoms. The summed E-state index contributed by atoms with van der Waals surface area (Å²) in [6.45, 7) is 10.3. The zero-order chi connectivity index (χ0) is 15.4. The molecule has 0 bridgehead atoms. The smallest absolute Gasteiger partial charge is 0.159 e. The first-order valence-corrected chi connectivity index (χ1v) is 8.07. The van der Waals surface area contributed by atoms with Gasteiger partial charge in [-0.3, -0.25) is 0 Å². The van der Waals surface area contributed by atoms with E-state index in [0.29, 0.717) is 5.92 Å². The highest BCUT2D eigenvalue weighted by atomic mass is 79.9. The van der Waals surface area contributed by atoms with E-state index in [1.807, 2.05) is 13.0 Å². The third kappa shape index (κ3) is 4.61. The molecule has 0 unspecified atom stereocenters. The molecule has 0 aliphatic heterocycles. The van der Waals surface area contributed by atoms with E-state index in [9.17, 15) is 0 Å². The Morgan fingerprint density at radius 3 is 2.57 bits per heavy atom. The standard InChI is InChI=1S/C17H22BrN3/c1-11(2)9-19-10-15-7-13(4)20-17(21-15)14-6-5-12(3)16(18)8-14/h5-8,11,19H,9-10H2,1-4H3. The van der Waals surface area contributed by atoms with Crippen molar-refractivity contribution in [2.75, 3.05) is 6.54 Å². The van der Waals surface area contributed by atoms with Crippen LogP contribution in [0, 0.1) is 19.8 Å². The summed E-state index contributed by atoms with van der Waals surface area (Å²) in [6.07, 6.45) is 0. The van der Waals surface area contributed by atoms with Gasteiger partial charge in [0.25, 0.3) is 0 Å². The lowest BCUT2D eigenvalue weighted by molar-refractivity contribution is 0.548. The fourth-order valence-corrected chi connectivity index (χ4v) is 2.45. The highest BCUT2D eigenvalue weighted by Gasteiger charge is 2.07. The molecule has 1 aromatic heterocycles. The topological polar surface area (TPSA) is 37.8 Å². The van der Waals surface area contributed by atoms with E-state index in [1.54, 1.807) is 0 Å². The van der Waals surface area contributed by atoms with Gasteiger partial charge in [0.2, 0.25) is 0 Å². The van der Waals surface area contributed by atoms with E-state index in [4.69, 9.17) is 0 Å². The van der Waals surface area contributed by atoms with Crippen molar-refractivity contribution in [3.63, 3.8) is 0 Å². The lowest BCUT2D eigenvalue weighted by Crippen LogP contribution is -2.20. The number of hydrogen-bond donors (Lipinski definition) is 1. The zero-order valence-electron chi connectivity index (χ0n) is 13.1. The first kappa shape index (κ1) is 16.1. The van der Waals surface area contributed by atoms with Crippen LogP contribution in [0.25, 0.3) is 11.4 Å². The Bertz CT molecular complexity index is 623. The Labute approximate surface area is 135 Å². The van der Waals surface area contributed by atoms with Crippen LogP contribution >= 0.6 is 15.9 Å². The molecule has 0 aliphatic carbocycles. The van der Waals surface area contributed by atoms with E-state index in [-0.39, 0.29) is 0 Å². The zero-order valence-corrected chi connectivity index (χ0v) is 14.7. The van der Waals surface area contributed by atoms with Gasteiger partial charge in [0.05, 0.1) is 5.69 Å². The summed E-state index contributed by atoms with van der Waals surface area (Å²) < 4.78 is 1.09. The molecule has 112 valence electrons. The van der Waals surface area contributed by atoms with Crippen LogP contribution in [0.1, 0.15) is 30.8 Å². The van der Waals surface area contributed by atoms with Gasteiger partial charge in [0, 0.05) is 22.3 Å². The number of aromatic nitrogens is 2. The SMILES string of the molecule is Cc1cc(CNCC(C)C)nc(-c2ccc(C)c(Br)c2)n1. The van der Waals surface area contributed by atoms with Crippen molar-refractivity contribution in [2.24, 2.45) is 5.92 Å². The molecule has 1 aromatic carbocycles. The summed E-state index contributed by atoms with van der Waals surface area (Å²) in [4.78, 5) is 9.24. The van der Waals surface area contributed by atoms with Crippen molar-refractivity contribution >= 4 is 15.9 Å². The van der Waals surface area contributed by atoms with E-state index in [2.05, 4.69) is 70.2 Å². The van der Waals surface area contributed by atoms with Crippen LogP contribution in [0.3, 0.4) is 0 Å². The second-order valence-corrected chi connectivity index (χ2v) is 6.67. The van der Waals surface area contributed by atoms with E-state index >= 15 is 0 Å². The van der Waals surface area contributed by atoms with E-state index < -0.39 is 0 Å². The predicted molar refractivity (Wildman–Crippen MR) is 91.2 cm³/mol. The molecule has 0 fully saturated rings. The molecule has 0 spiro atoms. The molecule has 3 nitrogen and oxygen atoms in total. The highest BCUT2D eigenvalue weighted by Crippen LogP contribution is 2.23. The lowest BCUT2D eigenvalue weighted by Gasteiger charge is -2.10. The predicted octanol–water partition coefficient (Wildman–Crippen LogP) is 4.27. The van der Waals surface area contributed by atoms with Crippen molar-refractivity contribution in [1.29, 1.82) is 0 Å². The van der Waals surface area contributed by atoms with Gasteiger partial charge in [-0.25, -0.2) is 9.97 Å². The molecule has 1 N–H and O–H groups in total. The number of benzene rings is 1. The van der Waals surface area contributed by atoms with Crippen molar-refractivity contribution in [3.8, 4) is 11.4 Å². The summed E-state index contributed by atoms with van der Waals surface area (Å²) in [5.74, 6) is 1.43. The minimum Gasteiger partial charge on any atom is -0.311 e. The van der Waals surface area contributed by atoms with Gasteiger partial charge in [-0.05, 0) is 44.0 Å². The second kappa shape index (κ2) is 7.14. The molecular weight excluding hydrogens is 326 g/mol. The summed E-state index contributed by atoms with van der Waals surface area (Å²) in [5, 5.41) is 3.43. The summed E-state index contributed by atoms with van der Waals surface area (Å²) in [6, 6.07) is 8.28. The van der Waals surface area contributed by atoms with Gasteiger partial charge in [-0.1, -0.05) is 41.9 Å². The van der Waals surface area contributed by atoms with Gasteiger partial charge in [-0.2, -0.15) is 0 Å². The molecule has 0 amide bonds. The average molecular weight is 348 g/mol. The number of nitrogens with one attached hydrogen (secondary N) is 1. The van der Waals surface area contributed by atoms with Gasteiger partial charge in [-0.15, -0.1) is 0 Å². The van der Waals surface area contributed by atoms with Gasteiger partial charge in [0.1, 0.15) is 0 Å². The van der Waals surface area contributed by atoms with Crippen molar-refractivity contribution in [2.45, 2.75) is 34.2 Å². The van der Waals surface area contributed by atoms with Crippen molar-refractivity contribution in [1.82, 2.24) is 15.3 Å².